The first-order valence-corrected chi connectivity index (χ1v) is 8.86. The number of piperidine rings is 1. The van der Waals surface area contributed by atoms with Gasteiger partial charge in [0.25, 0.3) is 0 Å². The number of nitrogens with zero attached hydrogens (tertiary/aromatic N) is 4. The van der Waals surface area contributed by atoms with Gasteiger partial charge in [-0.2, -0.15) is 10.1 Å². The molecule has 1 N–H and O–H groups in total. The SMILES string of the molecule is COc1ccc(CNc2cnnc(N3CCC4(CC3)OCCO4)n2)cc1. The van der Waals surface area contributed by atoms with Crippen molar-refractivity contribution in [2.75, 3.05) is 43.6 Å². The van der Waals surface area contributed by atoms with E-state index >= 15 is 0 Å². The molecule has 0 amide bonds. The Morgan fingerprint density at radius 3 is 2.58 bits per heavy atom. The van der Waals surface area contributed by atoms with Gasteiger partial charge in [0.05, 0.1) is 26.5 Å². The van der Waals surface area contributed by atoms with Crippen molar-refractivity contribution in [2.24, 2.45) is 0 Å². The number of anilines is 2. The first-order chi connectivity index (χ1) is 12.8. The Kier molecular flexibility index (Phi) is 4.85. The predicted octanol–water partition coefficient (Wildman–Crippen LogP) is 1.84. The molecule has 1 aromatic carbocycles. The average molecular weight is 357 g/mol. The summed E-state index contributed by atoms with van der Waals surface area (Å²) in [6, 6.07) is 7.93. The lowest BCUT2D eigenvalue weighted by molar-refractivity contribution is -0.169. The second-order valence-corrected chi connectivity index (χ2v) is 6.44. The van der Waals surface area contributed by atoms with Crippen LogP contribution in [0.25, 0.3) is 0 Å². The van der Waals surface area contributed by atoms with E-state index in [2.05, 4.69) is 25.4 Å². The molecule has 2 aromatic rings. The number of nitrogens with one attached hydrogen (secondary N) is 1. The summed E-state index contributed by atoms with van der Waals surface area (Å²) in [6.07, 6.45) is 3.28. The van der Waals surface area contributed by atoms with Gasteiger partial charge in [-0.25, -0.2) is 0 Å². The van der Waals surface area contributed by atoms with E-state index in [1.807, 2.05) is 24.3 Å². The van der Waals surface area contributed by atoms with Gasteiger partial charge >= 0.3 is 0 Å². The van der Waals surface area contributed by atoms with Crippen LogP contribution in [0.15, 0.2) is 30.5 Å². The number of hydrogen-bond donors (Lipinski definition) is 1. The molecule has 0 bridgehead atoms. The molecule has 8 nitrogen and oxygen atoms in total. The smallest absolute Gasteiger partial charge is 0.247 e. The van der Waals surface area contributed by atoms with Gasteiger partial charge in [-0.15, -0.1) is 5.10 Å². The maximum absolute atomic E-state index is 5.77. The third-order valence-corrected chi connectivity index (χ3v) is 4.80. The molecule has 1 spiro atoms. The number of hydrogen-bond acceptors (Lipinski definition) is 8. The van der Waals surface area contributed by atoms with E-state index in [1.54, 1.807) is 13.3 Å². The summed E-state index contributed by atoms with van der Waals surface area (Å²) < 4.78 is 16.7. The minimum Gasteiger partial charge on any atom is -0.497 e. The van der Waals surface area contributed by atoms with E-state index in [4.69, 9.17) is 14.2 Å². The van der Waals surface area contributed by atoms with Crippen LogP contribution in [0.2, 0.25) is 0 Å². The summed E-state index contributed by atoms with van der Waals surface area (Å²) in [5, 5.41) is 11.6. The summed E-state index contributed by atoms with van der Waals surface area (Å²) in [7, 11) is 1.66. The summed E-state index contributed by atoms with van der Waals surface area (Å²) in [4.78, 5) is 6.72. The van der Waals surface area contributed by atoms with E-state index in [0.29, 0.717) is 31.5 Å². The van der Waals surface area contributed by atoms with Crippen LogP contribution in [0.3, 0.4) is 0 Å². The molecule has 26 heavy (non-hydrogen) atoms. The maximum atomic E-state index is 5.77. The molecule has 2 aliphatic rings. The van der Waals surface area contributed by atoms with Crippen molar-refractivity contribution in [3.05, 3.63) is 36.0 Å². The Labute approximate surface area is 152 Å². The molecule has 0 atom stereocenters. The van der Waals surface area contributed by atoms with Gasteiger partial charge < -0.3 is 24.4 Å². The molecule has 0 radical (unpaired) electrons. The van der Waals surface area contributed by atoms with Crippen LogP contribution in [0, 0.1) is 0 Å². The van der Waals surface area contributed by atoms with Crippen molar-refractivity contribution in [2.45, 2.75) is 25.2 Å². The molecule has 1 aromatic heterocycles. The summed E-state index contributed by atoms with van der Waals surface area (Å²) in [6.45, 7) is 3.62. The molecule has 3 heterocycles. The topological polar surface area (TPSA) is 81.6 Å². The van der Waals surface area contributed by atoms with Gasteiger partial charge in [-0.3, -0.25) is 0 Å². The molecule has 0 saturated carbocycles. The zero-order valence-electron chi connectivity index (χ0n) is 14.9. The summed E-state index contributed by atoms with van der Waals surface area (Å²) >= 11 is 0. The lowest BCUT2D eigenvalue weighted by atomic mass is 10.0. The van der Waals surface area contributed by atoms with Crippen LogP contribution < -0.4 is 15.0 Å². The third-order valence-electron chi connectivity index (χ3n) is 4.80. The Bertz CT molecular complexity index is 724. The van der Waals surface area contributed by atoms with Crippen molar-refractivity contribution >= 4 is 11.8 Å². The van der Waals surface area contributed by atoms with E-state index in [-0.39, 0.29) is 0 Å². The zero-order valence-corrected chi connectivity index (χ0v) is 14.9. The minimum absolute atomic E-state index is 0.395. The van der Waals surface area contributed by atoms with Gasteiger partial charge in [0.1, 0.15) is 5.75 Å². The summed E-state index contributed by atoms with van der Waals surface area (Å²) in [5.41, 5.74) is 1.14. The average Bonchev–Trinajstić information content (AvgIpc) is 3.15. The fourth-order valence-corrected chi connectivity index (χ4v) is 3.28. The number of benzene rings is 1. The fraction of sp³-hybridized carbons (Fsp3) is 0.500. The lowest BCUT2D eigenvalue weighted by Crippen LogP contribution is -2.45. The van der Waals surface area contributed by atoms with Crippen molar-refractivity contribution in [3.8, 4) is 5.75 Å². The van der Waals surface area contributed by atoms with E-state index in [9.17, 15) is 0 Å². The number of methoxy groups -OCH3 is 1. The van der Waals surface area contributed by atoms with Gasteiger partial charge in [-0.05, 0) is 17.7 Å². The van der Waals surface area contributed by atoms with Crippen LogP contribution in [0.5, 0.6) is 5.75 Å². The molecule has 2 aliphatic heterocycles. The highest BCUT2D eigenvalue weighted by Gasteiger charge is 2.40. The molecular weight excluding hydrogens is 334 g/mol. The van der Waals surface area contributed by atoms with Crippen molar-refractivity contribution < 1.29 is 14.2 Å². The van der Waals surface area contributed by atoms with Crippen LogP contribution in [0.4, 0.5) is 11.8 Å². The van der Waals surface area contributed by atoms with Gasteiger partial charge in [0.15, 0.2) is 11.6 Å². The second kappa shape index (κ2) is 7.43. The molecule has 4 rings (SSSR count). The largest absolute Gasteiger partial charge is 0.497 e. The number of rotatable bonds is 5. The molecule has 138 valence electrons. The Balaban J connectivity index is 1.35. The highest BCUT2D eigenvalue weighted by molar-refractivity contribution is 5.40. The van der Waals surface area contributed by atoms with E-state index < -0.39 is 5.79 Å². The van der Waals surface area contributed by atoms with Gasteiger partial charge in [0, 0.05) is 32.5 Å². The summed E-state index contributed by atoms with van der Waals surface area (Å²) in [5.74, 6) is 1.80. The molecule has 2 saturated heterocycles. The van der Waals surface area contributed by atoms with E-state index in [1.165, 1.54) is 0 Å². The quantitative estimate of drug-likeness (QED) is 0.868. The molecule has 0 unspecified atom stereocenters. The predicted molar refractivity (Wildman–Crippen MR) is 96.2 cm³/mol. The second-order valence-electron chi connectivity index (χ2n) is 6.44. The number of ether oxygens (including phenoxy) is 3. The normalized spacial score (nSPS) is 18.9. The molecule has 0 aliphatic carbocycles. The first kappa shape index (κ1) is 17.0. The van der Waals surface area contributed by atoms with Crippen molar-refractivity contribution in [3.63, 3.8) is 0 Å². The third kappa shape index (κ3) is 3.71. The molecule has 2 fully saturated rings. The monoisotopic (exact) mass is 357 g/mol. The fourth-order valence-electron chi connectivity index (χ4n) is 3.28. The highest BCUT2D eigenvalue weighted by Crippen LogP contribution is 2.32. The Morgan fingerprint density at radius 1 is 1.15 bits per heavy atom. The lowest BCUT2D eigenvalue weighted by Gasteiger charge is -2.37. The van der Waals surface area contributed by atoms with Crippen LogP contribution in [-0.2, 0) is 16.0 Å². The Morgan fingerprint density at radius 2 is 1.88 bits per heavy atom. The van der Waals surface area contributed by atoms with Crippen LogP contribution in [-0.4, -0.2) is 54.4 Å². The molecule has 8 heteroatoms. The van der Waals surface area contributed by atoms with Crippen LogP contribution in [0.1, 0.15) is 18.4 Å². The van der Waals surface area contributed by atoms with Crippen molar-refractivity contribution in [1.29, 1.82) is 0 Å². The standard InChI is InChI=1S/C18H23N5O3/c1-24-15-4-2-14(3-5-15)12-19-16-13-20-22-17(21-16)23-8-6-18(7-9-23)25-10-11-26-18/h2-5,13H,6-12H2,1H3,(H,19,21,22). The Hall–Kier alpha value is -2.45. The highest BCUT2D eigenvalue weighted by atomic mass is 16.7. The van der Waals surface area contributed by atoms with Gasteiger partial charge in [0.2, 0.25) is 5.95 Å². The van der Waals surface area contributed by atoms with E-state index in [0.717, 1.165) is 37.2 Å². The zero-order chi connectivity index (χ0) is 17.8. The molecular formula is C18H23N5O3. The minimum atomic E-state index is -0.395. The maximum Gasteiger partial charge on any atom is 0.247 e. The first-order valence-electron chi connectivity index (χ1n) is 8.86. The van der Waals surface area contributed by atoms with Crippen LogP contribution >= 0.6 is 0 Å². The van der Waals surface area contributed by atoms with Gasteiger partial charge in [-0.1, -0.05) is 12.1 Å². The van der Waals surface area contributed by atoms with Crippen molar-refractivity contribution in [1.82, 2.24) is 15.2 Å². The number of aromatic nitrogens is 3.